The number of likely N-dealkylation sites (tertiary alicyclic amines) is 1. The van der Waals surface area contributed by atoms with Crippen molar-refractivity contribution in [2.75, 3.05) is 18.4 Å². The summed E-state index contributed by atoms with van der Waals surface area (Å²) in [5.74, 6) is 2.46. The van der Waals surface area contributed by atoms with E-state index in [2.05, 4.69) is 25.5 Å². The highest BCUT2D eigenvalue weighted by Gasteiger charge is 2.49. The third-order valence-electron chi connectivity index (χ3n) is 7.87. The summed E-state index contributed by atoms with van der Waals surface area (Å²) in [7, 11) is 1.92. The fourth-order valence-electron chi connectivity index (χ4n) is 6.39. The van der Waals surface area contributed by atoms with Gasteiger partial charge in [0, 0.05) is 29.0 Å². The SMILES string of the molecule is Cc1cnn(C)c1-c1ccc(NC2CC3CN(C(=O)C4CC5CCC4O5)C[C@H]3C2)nn1.[HH].[HH]. The molecule has 8 nitrogen and oxygen atoms in total. The maximum absolute atomic E-state index is 13.0. The predicted octanol–water partition coefficient (Wildman–Crippen LogP) is 2.89. The molecular weight excluding hydrogens is 392 g/mol. The Morgan fingerprint density at radius 1 is 1.16 bits per heavy atom. The number of carbonyl (C=O) groups excluding carboxylic acids is 1. The van der Waals surface area contributed by atoms with Crippen LogP contribution in [0.5, 0.6) is 0 Å². The van der Waals surface area contributed by atoms with E-state index in [9.17, 15) is 4.79 Å². The molecule has 4 aliphatic rings. The summed E-state index contributed by atoms with van der Waals surface area (Å²) in [6.07, 6.45) is 7.68. The number of aryl methyl sites for hydroxylation is 2. The van der Waals surface area contributed by atoms with E-state index in [1.165, 1.54) is 0 Å². The van der Waals surface area contributed by atoms with Gasteiger partial charge in [0.2, 0.25) is 5.91 Å². The first kappa shape index (κ1) is 19.2. The Morgan fingerprint density at radius 2 is 1.97 bits per heavy atom. The Labute approximate surface area is 185 Å². The average Bonchev–Trinajstić information content (AvgIpc) is 3.56. The molecule has 2 aromatic heterocycles. The van der Waals surface area contributed by atoms with Gasteiger partial charge in [0.15, 0.2) is 0 Å². The van der Waals surface area contributed by atoms with Gasteiger partial charge in [-0.15, -0.1) is 10.2 Å². The van der Waals surface area contributed by atoms with Gasteiger partial charge in [-0.3, -0.25) is 9.48 Å². The number of hydrogen-bond donors (Lipinski definition) is 1. The van der Waals surface area contributed by atoms with Crippen LogP contribution in [0, 0.1) is 24.7 Å². The molecule has 1 aliphatic carbocycles. The third-order valence-corrected chi connectivity index (χ3v) is 7.87. The molecule has 6 atom stereocenters. The summed E-state index contributed by atoms with van der Waals surface area (Å²) in [6, 6.07) is 4.41. The third kappa shape index (κ3) is 3.32. The van der Waals surface area contributed by atoms with Crippen LogP contribution in [0.1, 0.15) is 40.5 Å². The largest absolute Gasteiger partial charge is 0.374 e. The number of aromatic nitrogens is 4. The summed E-state index contributed by atoms with van der Waals surface area (Å²) in [6.45, 7) is 3.84. The molecule has 1 saturated carbocycles. The maximum atomic E-state index is 13.0. The van der Waals surface area contributed by atoms with Gasteiger partial charge in [-0.25, -0.2) is 0 Å². The lowest BCUT2D eigenvalue weighted by molar-refractivity contribution is -0.136. The summed E-state index contributed by atoms with van der Waals surface area (Å²) in [4.78, 5) is 15.2. The number of ether oxygens (including phenoxy) is 1. The molecule has 4 fully saturated rings. The van der Waals surface area contributed by atoms with Crippen LogP contribution < -0.4 is 5.32 Å². The monoisotopic (exact) mass is 426 g/mol. The molecule has 6 rings (SSSR count). The molecule has 0 radical (unpaired) electrons. The first-order chi connectivity index (χ1) is 15.0. The van der Waals surface area contributed by atoms with Gasteiger partial charge in [0.05, 0.1) is 30.0 Å². The van der Waals surface area contributed by atoms with Gasteiger partial charge in [0.1, 0.15) is 11.5 Å². The van der Waals surface area contributed by atoms with Gasteiger partial charge in [-0.05, 0) is 68.6 Å². The number of anilines is 1. The number of nitrogens with zero attached hydrogens (tertiary/aromatic N) is 5. The van der Waals surface area contributed by atoms with Gasteiger partial charge in [-0.1, -0.05) is 0 Å². The molecule has 2 aromatic rings. The predicted molar refractivity (Wildman–Crippen MR) is 119 cm³/mol. The minimum atomic E-state index is 0. The molecule has 3 saturated heterocycles. The molecular formula is C23H34N6O2. The highest BCUT2D eigenvalue weighted by atomic mass is 16.5. The Balaban J connectivity index is 0.00000130. The van der Waals surface area contributed by atoms with Crippen LogP contribution in [-0.2, 0) is 16.6 Å². The molecule has 8 heteroatoms. The van der Waals surface area contributed by atoms with E-state index < -0.39 is 0 Å². The molecule has 1 N–H and O–H groups in total. The Hall–Kier alpha value is -2.48. The molecule has 31 heavy (non-hydrogen) atoms. The van der Waals surface area contributed by atoms with Crippen molar-refractivity contribution in [3.63, 3.8) is 0 Å². The van der Waals surface area contributed by atoms with Crippen molar-refractivity contribution < 1.29 is 12.4 Å². The number of hydrogen-bond acceptors (Lipinski definition) is 6. The lowest BCUT2D eigenvalue weighted by atomic mass is 9.88. The average molecular weight is 427 g/mol. The lowest BCUT2D eigenvalue weighted by Gasteiger charge is -2.26. The number of amides is 1. The molecule has 0 aromatic carbocycles. The summed E-state index contributed by atoms with van der Waals surface area (Å²) in [5.41, 5.74) is 2.93. The smallest absolute Gasteiger partial charge is 0.228 e. The van der Waals surface area contributed by atoms with Crippen molar-refractivity contribution in [1.82, 2.24) is 24.9 Å². The van der Waals surface area contributed by atoms with E-state index in [0.717, 1.165) is 68.0 Å². The van der Waals surface area contributed by atoms with E-state index in [-0.39, 0.29) is 14.9 Å². The second-order valence-electron chi connectivity index (χ2n) is 9.90. The highest BCUT2D eigenvalue weighted by molar-refractivity contribution is 5.80. The molecule has 2 bridgehead atoms. The van der Waals surface area contributed by atoms with Crippen LogP contribution in [0.4, 0.5) is 5.82 Å². The molecule has 5 unspecified atom stereocenters. The lowest BCUT2D eigenvalue weighted by Crippen LogP contribution is -2.39. The number of rotatable bonds is 4. The topological polar surface area (TPSA) is 85.2 Å². The first-order valence-electron chi connectivity index (χ1n) is 11.6. The standard InChI is InChI=1S/C23H30N6O2.2H2/c1-13-10-24-28(2)22(13)19-4-6-21(27-26-19)25-16-7-14-11-29(12-15(14)8-16)23(30)18-9-17-3-5-20(18)31-17;;/h4,6,10,14-18,20H,3,5,7-9,11-12H2,1-2H3,(H,25,27);2*1H/t14-,15?,16?,17?,18?,20?;;/m1../s1. The summed E-state index contributed by atoms with van der Waals surface area (Å²) in [5, 5.41) is 16.7. The van der Waals surface area contributed by atoms with E-state index in [1.54, 1.807) is 0 Å². The Bertz CT molecular complexity index is 966. The van der Waals surface area contributed by atoms with E-state index >= 15 is 0 Å². The zero-order valence-electron chi connectivity index (χ0n) is 18.2. The number of nitrogens with one attached hydrogen (secondary N) is 1. The van der Waals surface area contributed by atoms with Crippen LogP contribution in [0.3, 0.4) is 0 Å². The van der Waals surface area contributed by atoms with Gasteiger partial charge in [-0.2, -0.15) is 5.10 Å². The van der Waals surface area contributed by atoms with Crippen LogP contribution in [0.25, 0.3) is 11.4 Å². The second-order valence-corrected chi connectivity index (χ2v) is 9.90. The fourth-order valence-corrected chi connectivity index (χ4v) is 6.39. The van der Waals surface area contributed by atoms with Gasteiger partial charge >= 0.3 is 0 Å². The van der Waals surface area contributed by atoms with Gasteiger partial charge in [0.25, 0.3) is 0 Å². The molecule has 1 amide bonds. The maximum Gasteiger partial charge on any atom is 0.228 e. The minimum Gasteiger partial charge on any atom is -0.374 e. The van der Waals surface area contributed by atoms with Crippen LogP contribution in [0.15, 0.2) is 18.3 Å². The van der Waals surface area contributed by atoms with Crippen molar-refractivity contribution in [2.24, 2.45) is 24.8 Å². The van der Waals surface area contributed by atoms with Crippen LogP contribution >= 0.6 is 0 Å². The van der Waals surface area contributed by atoms with Crippen molar-refractivity contribution in [1.29, 1.82) is 0 Å². The molecule has 5 heterocycles. The van der Waals surface area contributed by atoms with Crippen molar-refractivity contribution >= 4 is 11.7 Å². The number of carbonyl (C=O) groups is 1. The van der Waals surface area contributed by atoms with Crippen molar-refractivity contribution in [3.8, 4) is 11.4 Å². The Kier molecular flexibility index (Phi) is 4.52. The van der Waals surface area contributed by atoms with Crippen molar-refractivity contribution in [2.45, 2.75) is 57.3 Å². The normalized spacial score (nSPS) is 33.8. The summed E-state index contributed by atoms with van der Waals surface area (Å²) < 4.78 is 7.75. The van der Waals surface area contributed by atoms with E-state index in [0.29, 0.717) is 29.9 Å². The quantitative estimate of drug-likeness (QED) is 0.809. The molecule has 0 spiro atoms. The molecule has 168 valence electrons. The van der Waals surface area contributed by atoms with E-state index in [1.807, 2.05) is 37.0 Å². The van der Waals surface area contributed by atoms with E-state index in [4.69, 9.17) is 4.74 Å². The minimum absolute atomic E-state index is 0. The first-order valence-corrected chi connectivity index (χ1v) is 11.6. The summed E-state index contributed by atoms with van der Waals surface area (Å²) >= 11 is 0. The fraction of sp³-hybridized carbons (Fsp3) is 0.652. The molecule has 3 aliphatic heterocycles. The van der Waals surface area contributed by atoms with Crippen LogP contribution in [0.2, 0.25) is 0 Å². The van der Waals surface area contributed by atoms with Crippen molar-refractivity contribution in [3.05, 3.63) is 23.9 Å². The zero-order valence-corrected chi connectivity index (χ0v) is 18.2. The Morgan fingerprint density at radius 3 is 2.55 bits per heavy atom. The van der Waals surface area contributed by atoms with Gasteiger partial charge < -0.3 is 15.0 Å². The highest BCUT2D eigenvalue weighted by Crippen LogP contribution is 2.43. The van der Waals surface area contributed by atoms with Crippen LogP contribution in [-0.4, -0.2) is 62.1 Å². The second kappa shape index (κ2) is 7.29. The zero-order chi connectivity index (χ0) is 21.1. The number of fused-ring (bicyclic) bond motifs is 3.